The van der Waals surface area contributed by atoms with Crippen molar-refractivity contribution < 1.29 is 4.74 Å². The van der Waals surface area contributed by atoms with Crippen LogP contribution >= 0.6 is 0 Å². The van der Waals surface area contributed by atoms with E-state index in [2.05, 4.69) is 32.9 Å². The summed E-state index contributed by atoms with van der Waals surface area (Å²) in [5.41, 5.74) is 4.45. The second kappa shape index (κ2) is 7.71. The van der Waals surface area contributed by atoms with E-state index in [-0.39, 0.29) is 6.10 Å². The maximum atomic E-state index is 6.08. The molecular formula is C19H29O. The largest absolute Gasteiger partial charge is 0.485 e. The molecule has 111 valence electrons. The van der Waals surface area contributed by atoms with Gasteiger partial charge < -0.3 is 4.74 Å². The Hall–Kier alpha value is -0.980. The van der Waals surface area contributed by atoms with E-state index < -0.39 is 0 Å². The predicted octanol–water partition coefficient (Wildman–Crippen LogP) is 5.88. The average Bonchev–Trinajstić information content (AvgIpc) is 2.98. The minimum Gasteiger partial charge on any atom is -0.485 e. The van der Waals surface area contributed by atoms with Crippen molar-refractivity contribution in [1.82, 2.24) is 0 Å². The minimum atomic E-state index is 0.195. The number of hydrogen-bond donors (Lipinski definition) is 0. The minimum absolute atomic E-state index is 0.195. The molecule has 0 aromatic carbocycles. The SMILES string of the molecule is CCCCC1=[C]C2=C(CCCC)C(CCCC)=CC2O1. The van der Waals surface area contributed by atoms with Gasteiger partial charge in [0, 0.05) is 18.1 Å². The van der Waals surface area contributed by atoms with Crippen molar-refractivity contribution in [3.05, 3.63) is 34.6 Å². The topological polar surface area (TPSA) is 9.23 Å². The summed E-state index contributed by atoms with van der Waals surface area (Å²) in [7, 11) is 0. The molecule has 1 heteroatoms. The molecule has 0 amide bonds. The van der Waals surface area contributed by atoms with Crippen LogP contribution in [0.1, 0.15) is 78.6 Å². The van der Waals surface area contributed by atoms with E-state index in [4.69, 9.17) is 4.74 Å². The second-order valence-corrected chi connectivity index (χ2v) is 5.98. The molecule has 0 spiro atoms. The van der Waals surface area contributed by atoms with E-state index in [0.717, 1.165) is 12.2 Å². The lowest BCUT2D eigenvalue weighted by atomic mass is 9.96. The van der Waals surface area contributed by atoms with Gasteiger partial charge in [-0.05, 0) is 49.3 Å². The van der Waals surface area contributed by atoms with Crippen LogP contribution < -0.4 is 0 Å². The predicted molar refractivity (Wildman–Crippen MR) is 85.3 cm³/mol. The Labute approximate surface area is 124 Å². The molecular weight excluding hydrogens is 244 g/mol. The number of allylic oxidation sites excluding steroid dienone is 3. The van der Waals surface area contributed by atoms with Crippen molar-refractivity contribution in [2.75, 3.05) is 0 Å². The fraction of sp³-hybridized carbons (Fsp3) is 0.684. The lowest BCUT2D eigenvalue weighted by Gasteiger charge is -2.08. The fourth-order valence-corrected chi connectivity index (χ4v) is 2.99. The quantitative estimate of drug-likeness (QED) is 0.509. The van der Waals surface area contributed by atoms with Crippen LogP contribution in [0.4, 0.5) is 0 Å². The maximum Gasteiger partial charge on any atom is 0.143 e. The first-order valence-electron chi connectivity index (χ1n) is 8.53. The highest BCUT2D eigenvalue weighted by Crippen LogP contribution is 2.40. The number of fused-ring (bicyclic) bond motifs is 1. The zero-order valence-corrected chi connectivity index (χ0v) is 13.4. The lowest BCUT2D eigenvalue weighted by molar-refractivity contribution is 0.194. The zero-order valence-electron chi connectivity index (χ0n) is 13.4. The lowest BCUT2D eigenvalue weighted by Crippen LogP contribution is -2.02. The standard InChI is InChI=1S/C19H29O/c1-4-7-10-15-13-19-18(17(15)12-9-6-3)14-16(20-19)11-8-5-2/h13,19H,4-12H2,1-3H3. The van der Waals surface area contributed by atoms with Crippen molar-refractivity contribution in [2.45, 2.75) is 84.7 Å². The Morgan fingerprint density at radius 3 is 2.30 bits per heavy atom. The van der Waals surface area contributed by atoms with E-state index in [1.807, 2.05) is 0 Å². The monoisotopic (exact) mass is 273 g/mol. The van der Waals surface area contributed by atoms with Crippen LogP contribution in [-0.2, 0) is 4.74 Å². The summed E-state index contributed by atoms with van der Waals surface area (Å²) in [5, 5.41) is 0. The smallest absolute Gasteiger partial charge is 0.143 e. The average molecular weight is 273 g/mol. The molecule has 0 fully saturated rings. The van der Waals surface area contributed by atoms with Gasteiger partial charge in [-0.25, -0.2) is 0 Å². The van der Waals surface area contributed by atoms with Crippen LogP contribution in [0.5, 0.6) is 0 Å². The van der Waals surface area contributed by atoms with Crippen LogP contribution in [0.15, 0.2) is 28.6 Å². The van der Waals surface area contributed by atoms with Gasteiger partial charge >= 0.3 is 0 Å². The molecule has 2 rings (SSSR count). The van der Waals surface area contributed by atoms with Gasteiger partial charge in [0.15, 0.2) is 0 Å². The third-order valence-corrected chi connectivity index (χ3v) is 4.23. The zero-order chi connectivity index (χ0) is 14.4. The number of hydrogen-bond acceptors (Lipinski definition) is 1. The van der Waals surface area contributed by atoms with E-state index in [9.17, 15) is 0 Å². The second-order valence-electron chi connectivity index (χ2n) is 5.98. The molecule has 1 aliphatic carbocycles. The van der Waals surface area contributed by atoms with E-state index >= 15 is 0 Å². The molecule has 0 saturated carbocycles. The Bertz CT molecular complexity index is 411. The van der Waals surface area contributed by atoms with Crippen LogP contribution in [0, 0.1) is 6.08 Å². The molecule has 2 aliphatic rings. The molecule has 0 aromatic heterocycles. The maximum absolute atomic E-state index is 6.08. The molecule has 0 bridgehead atoms. The third kappa shape index (κ3) is 3.56. The van der Waals surface area contributed by atoms with Crippen molar-refractivity contribution >= 4 is 0 Å². The summed E-state index contributed by atoms with van der Waals surface area (Å²) in [6.07, 6.45) is 17.1. The summed E-state index contributed by atoms with van der Waals surface area (Å²) in [6.45, 7) is 6.76. The number of unbranched alkanes of at least 4 members (excludes halogenated alkanes) is 3. The summed E-state index contributed by atoms with van der Waals surface area (Å²) in [4.78, 5) is 0. The number of ether oxygens (including phenoxy) is 1. The molecule has 1 aliphatic heterocycles. The van der Waals surface area contributed by atoms with Crippen molar-refractivity contribution in [2.24, 2.45) is 0 Å². The highest BCUT2D eigenvalue weighted by molar-refractivity contribution is 5.51. The van der Waals surface area contributed by atoms with Gasteiger partial charge in [-0.1, -0.05) is 40.0 Å². The van der Waals surface area contributed by atoms with E-state index in [0.29, 0.717) is 0 Å². The van der Waals surface area contributed by atoms with Crippen LogP contribution in [0.3, 0.4) is 0 Å². The molecule has 0 N–H and O–H groups in total. The molecule has 1 radical (unpaired) electrons. The summed E-state index contributed by atoms with van der Waals surface area (Å²) in [5.74, 6) is 1.09. The first-order valence-corrected chi connectivity index (χ1v) is 8.53. The van der Waals surface area contributed by atoms with Crippen molar-refractivity contribution in [3.63, 3.8) is 0 Å². The first-order chi connectivity index (χ1) is 9.80. The molecule has 1 unspecified atom stereocenters. The summed E-state index contributed by atoms with van der Waals surface area (Å²) < 4.78 is 6.08. The highest BCUT2D eigenvalue weighted by Gasteiger charge is 2.31. The van der Waals surface area contributed by atoms with Gasteiger partial charge in [-0.3, -0.25) is 0 Å². The molecule has 1 nitrogen and oxygen atoms in total. The van der Waals surface area contributed by atoms with Crippen LogP contribution in [-0.4, -0.2) is 6.10 Å². The van der Waals surface area contributed by atoms with Gasteiger partial charge in [0.2, 0.25) is 0 Å². The first kappa shape index (κ1) is 15.4. The van der Waals surface area contributed by atoms with Gasteiger partial charge in [-0.15, -0.1) is 0 Å². The Kier molecular flexibility index (Phi) is 5.94. The molecule has 20 heavy (non-hydrogen) atoms. The van der Waals surface area contributed by atoms with E-state index in [1.54, 1.807) is 11.1 Å². The van der Waals surface area contributed by atoms with Gasteiger partial charge in [0.1, 0.15) is 11.9 Å². The summed E-state index contributed by atoms with van der Waals surface area (Å²) in [6, 6.07) is 0. The number of rotatable bonds is 9. The molecule has 1 heterocycles. The molecule has 0 saturated heterocycles. The van der Waals surface area contributed by atoms with Gasteiger partial charge in [-0.2, -0.15) is 0 Å². The van der Waals surface area contributed by atoms with Crippen molar-refractivity contribution in [3.8, 4) is 0 Å². The summed E-state index contributed by atoms with van der Waals surface area (Å²) >= 11 is 0. The van der Waals surface area contributed by atoms with Gasteiger partial charge in [0.05, 0.1) is 0 Å². The van der Waals surface area contributed by atoms with Gasteiger partial charge in [0.25, 0.3) is 0 Å². The van der Waals surface area contributed by atoms with Crippen LogP contribution in [0.2, 0.25) is 0 Å². The normalized spacial score (nSPS) is 20.9. The molecule has 1 atom stereocenters. The Morgan fingerprint density at radius 1 is 0.950 bits per heavy atom. The molecule has 0 aromatic rings. The van der Waals surface area contributed by atoms with E-state index in [1.165, 1.54) is 56.9 Å². The fourth-order valence-electron chi connectivity index (χ4n) is 2.99. The Balaban J connectivity index is 2.10. The van der Waals surface area contributed by atoms with Crippen molar-refractivity contribution in [1.29, 1.82) is 0 Å². The Morgan fingerprint density at radius 2 is 1.60 bits per heavy atom. The highest BCUT2D eigenvalue weighted by atomic mass is 16.5. The van der Waals surface area contributed by atoms with Crippen LogP contribution in [0.25, 0.3) is 0 Å². The third-order valence-electron chi connectivity index (χ3n) is 4.23.